The van der Waals surface area contributed by atoms with Crippen molar-refractivity contribution in [3.05, 3.63) is 35.1 Å². The molecule has 5 heteroatoms. The summed E-state index contributed by atoms with van der Waals surface area (Å²) < 4.78 is 13.9. The van der Waals surface area contributed by atoms with Gasteiger partial charge in [-0.1, -0.05) is 6.07 Å². The highest BCUT2D eigenvalue weighted by atomic mass is 19.1. The van der Waals surface area contributed by atoms with Crippen molar-refractivity contribution in [3.63, 3.8) is 0 Å². The van der Waals surface area contributed by atoms with E-state index in [4.69, 9.17) is 5.26 Å². The number of piperazine rings is 1. The standard InChI is InChI=1S/C14H16FN3O/c1-14(2)13(19)17-5-6-18(14)9-11-4-3-10(8-16)7-12(11)15/h3-4,7H,5-6,9H2,1-2H3,(H,17,19). The van der Waals surface area contributed by atoms with Gasteiger partial charge >= 0.3 is 0 Å². The molecule has 0 spiro atoms. The van der Waals surface area contributed by atoms with Gasteiger partial charge in [-0.3, -0.25) is 9.69 Å². The van der Waals surface area contributed by atoms with Crippen molar-refractivity contribution in [2.24, 2.45) is 0 Å². The number of carbonyl (C=O) groups is 1. The molecule has 4 nitrogen and oxygen atoms in total. The molecule has 1 amide bonds. The maximum absolute atomic E-state index is 13.9. The summed E-state index contributed by atoms with van der Waals surface area (Å²) in [4.78, 5) is 13.8. The SMILES string of the molecule is CC1(C)C(=O)NCCN1Cc1ccc(C#N)cc1F. The lowest BCUT2D eigenvalue weighted by molar-refractivity contribution is -0.135. The summed E-state index contributed by atoms with van der Waals surface area (Å²) in [5.74, 6) is -0.450. The van der Waals surface area contributed by atoms with Gasteiger partial charge in [-0.05, 0) is 26.0 Å². The fourth-order valence-corrected chi connectivity index (χ4v) is 2.17. The van der Waals surface area contributed by atoms with Crippen LogP contribution in [-0.4, -0.2) is 29.4 Å². The normalized spacial score (nSPS) is 18.7. The first-order valence-corrected chi connectivity index (χ1v) is 6.17. The Morgan fingerprint density at radius 3 is 2.89 bits per heavy atom. The van der Waals surface area contributed by atoms with E-state index in [0.717, 1.165) is 0 Å². The number of amides is 1. The molecule has 0 aromatic heterocycles. The predicted molar refractivity (Wildman–Crippen MR) is 68.6 cm³/mol. The van der Waals surface area contributed by atoms with E-state index in [1.807, 2.05) is 24.8 Å². The third kappa shape index (κ3) is 2.59. The van der Waals surface area contributed by atoms with Gasteiger partial charge < -0.3 is 5.32 Å². The molecule has 1 aromatic rings. The molecule has 1 N–H and O–H groups in total. The quantitative estimate of drug-likeness (QED) is 0.875. The Balaban J connectivity index is 2.21. The largest absolute Gasteiger partial charge is 0.353 e. The molecular weight excluding hydrogens is 245 g/mol. The van der Waals surface area contributed by atoms with Crippen LogP contribution in [0.3, 0.4) is 0 Å². The maximum atomic E-state index is 13.9. The minimum Gasteiger partial charge on any atom is -0.353 e. The molecule has 1 aliphatic heterocycles. The molecule has 0 radical (unpaired) electrons. The Kier molecular flexibility index (Phi) is 3.54. The van der Waals surface area contributed by atoms with Gasteiger partial charge in [0, 0.05) is 25.2 Å². The topological polar surface area (TPSA) is 56.1 Å². The summed E-state index contributed by atoms with van der Waals surface area (Å²) in [6.45, 7) is 5.25. The summed E-state index contributed by atoms with van der Waals surface area (Å²) in [6, 6.07) is 6.33. The summed E-state index contributed by atoms with van der Waals surface area (Å²) in [7, 11) is 0. The van der Waals surface area contributed by atoms with Crippen molar-refractivity contribution < 1.29 is 9.18 Å². The third-order valence-electron chi connectivity index (χ3n) is 3.56. The number of halogens is 1. The zero-order chi connectivity index (χ0) is 14.0. The Bertz CT molecular complexity index is 548. The van der Waals surface area contributed by atoms with Crippen molar-refractivity contribution in [1.82, 2.24) is 10.2 Å². The van der Waals surface area contributed by atoms with Gasteiger partial charge in [0.25, 0.3) is 0 Å². The molecule has 0 aliphatic carbocycles. The van der Waals surface area contributed by atoms with Crippen molar-refractivity contribution >= 4 is 5.91 Å². The van der Waals surface area contributed by atoms with Crippen LogP contribution in [0, 0.1) is 17.1 Å². The van der Waals surface area contributed by atoms with Crippen LogP contribution in [0.5, 0.6) is 0 Å². The lowest BCUT2D eigenvalue weighted by Crippen LogP contribution is -2.61. The molecule has 1 heterocycles. The molecule has 1 aromatic carbocycles. The first-order valence-electron chi connectivity index (χ1n) is 6.17. The smallest absolute Gasteiger partial charge is 0.240 e. The second-order valence-corrected chi connectivity index (χ2v) is 5.15. The summed E-state index contributed by atoms with van der Waals surface area (Å²) in [6.07, 6.45) is 0. The first kappa shape index (κ1) is 13.5. The highest BCUT2D eigenvalue weighted by Crippen LogP contribution is 2.22. The van der Waals surface area contributed by atoms with E-state index >= 15 is 0 Å². The van der Waals surface area contributed by atoms with Crippen LogP contribution in [-0.2, 0) is 11.3 Å². The molecular formula is C14H16FN3O. The Morgan fingerprint density at radius 1 is 1.53 bits per heavy atom. The lowest BCUT2D eigenvalue weighted by atomic mass is 9.97. The average molecular weight is 261 g/mol. The summed E-state index contributed by atoms with van der Waals surface area (Å²) in [5, 5.41) is 11.5. The molecule has 1 fully saturated rings. The second-order valence-electron chi connectivity index (χ2n) is 5.15. The predicted octanol–water partition coefficient (Wildman–Crippen LogP) is 1.41. The van der Waals surface area contributed by atoms with Crippen LogP contribution in [0.4, 0.5) is 4.39 Å². The van der Waals surface area contributed by atoms with E-state index in [-0.39, 0.29) is 5.91 Å². The van der Waals surface area contributed by atoms with E-state index in [1.54, 1.807) is 12.1 Å². The van der Waals surface area contributed by atoms with Gasteiger partial charge in [-0.25, -0.2) is 4.39 Å². The Labute approximate surface area is 111 Å². The number of benzene rings is 1. The highest BCUT2D eigenvalue weighted by Gasteiger charge is 2.37. The summed E-state index contributed by atoms with van der Waals surface area (Å²) in [5.41, 5.74) is 0.150. The number of nitrogens with zero attached hydrogens (tertiary/aromatic N) is 2. The van der Waals surface area contributed by atoms with Gasteiger partial charge in [0.15, 0.2) is 0 Å². The van der Waals surface area contributed by atoms with Gasteiger partial charge in [0.1, 0.15) is 5.82 Å². The molecule has 1 saturated heterocycles. The van der Waals surface area contributed by atoms with Gasteiger partial charge in [-0.2, -0.15) is 5.26 Å². The molecule has 0 unspecified atom stereocenters. The van der Waals surface area contributed by atoms with E-state index in [0.29, 0.717) is 30.8 Å². The van der Waals surface area contributed by atoms with Gasteiger partial charge in [0.05, 0.1) is 17.2 Å². The van der Waals surface area contributed by atoms with Crippen LogP contribution in [0.2, 0.25) is 0 Å². The number of hydrogen-bond donors (Lipinski definition) is 1. The van der Waals surface area contributed by atoms with E-state index in [9.17, 15) is 9.18 Å². The fourth-order valence-electron chi connectivity index (χ4n) is 2.17. The van der Waals surface area contributed by atoms with Crippen molar-refractivity contribution in [3.8, 4) is 6.07 Å². The van der Waals surface area contributed by atoms with Crippen LogP contribution < -0.4 is 5.32 Å². The monoisotopic (exact) mass is 261 g/mol. The zero-order valence-electron chi connectivity index (χ0n) is 11.0. The molecule has 0 atom stereocenters. The fraction of sp³-hybridized carbons (Fsp3) is 0.429. The number of carbonyl (C=O) groups excluding carboxylic acids is 1. The molecule has 1 aliphatic rings. The zero-order valence-corrected chi connectivity index (χ0v) is 11.0. The molecule has 100 valence electrons. The van der Waals surface area contributed by atoms with Crippen LogP contribution in [0.25, 0.3) is 0 Å². The van der Waals surface area contributed by atoms with Gasteiger partial charge in [0.2, 0.25) is 5.91 Å². The third-order valence-corrected chi connectivity index (χ3v) is 3.56. The van der Waals surface area contributed by atoms with Crippen LogP contribution in [0.1, 0.15) is 25.0 Å². The number of nitriles is 1. The minimum atomic E-state index is -0.654. The van der Waals surface area contributed by atoms with E-state index in [2.05, 4.69) is 5.32 Å². The average Bonchev–Trinajstić information content (AvgIpc) is 2.37. The molecule has 2 rings (SSSR count). The molecule has 0 bridgehead atoms. The first-order chi connectivity index (χ1) is 8.95. The Morgan fingerprint density at radius 2 is 2.26 bits per heavy atom. The van der Waals surface area contributed by atoms with Crippen molar-refractivity contribution in [2.45, 2.75) is 25.9 Å². The minimum absolute atomic E-state index is 0.0483. The number of nitrogens with one attached hydrogen (secondary N) is 1. The van der Waals surface area contributed by atoms with E-state index in [1.165, 1.54) is 6.07 Å². The Hall–Kier alpha value is -1.93. The van der Waals surface area contributed by atoms with Crippen molar-refractivity contribution in [1.29, 1.82) is 5.26 Å². The van der Waals surface area contributed by atoms with Crippen molar-refractivity contribution in [2.75, 3.05) is 13.1 Å². The molecule has 19 heavy (non-hydrogen) atoms. The number of rotatable bonds is 2. The molecule has 0 saturated carbocycles. The van der Waals surface area contributed by atoms with Crippen LogP contribution >= 0.6 is 0 Å². The van der Waals surface area contributed by atoms with E-state index < -0.39 is 11.4 Å². The maximum Gasteiger partial charge on any atom is 0.240 e. The summed E-state index contributed by atoms with van der Waals surface area (Å²) >= 11 is 0. The van der Waals surface area contributed by atoms with Gasteiger partial charge in [-0.15, -0.1) is 0 Å². The second kappa shape index (κ2) is 4.98. The highest BCUT2D eigenvalue weighted by molar-refractivity contribution is 5.86. The van der Waals surface area contributed by atoms with Crippen LogP contribution in [0.15, 0.2) is 18.2 Å². The lowest BCUT2D eigenvalue weighted by Gasteiger charge is -2.41. The number of hydrogen-bond acceptors (Lipinski definition) is 3.